The number of hydrogen-bond acceptors (Lipinski definition) is 6. The van der Waals surface area contributed by atoms with Gasteiger partial charge in [0.05, 0.1) is 16.8 Å². The Hall–Kier alpha value is -3.32. The van der Waals surface area contributed by atoms with E-state index in [-0.39, 0.29) is 17.6 Å². The third-order valence-electron chi connectivity index (χ3n) is 5.98. The summed E-state index contributed by atoms with van der Waals surface area (Å²) in [6.45, 7) is 3.18. The van der Waals surface area contributed by atoms with E-state index in [0.29, 0.717) is 34.2 Å². The van der Waals surface area contributed by atoms with Crippen LogP contribution in [0.4, 0.5) is 11.4 Å². The third kappa shape index (κ3) is 4.33. The number of nitrogens with zero attached hydrogens (tertiary/aromatic N) is 3. The van der Waals surface area contributed by atoms with E-state index in [1.807, 2.05) is 61.5 Å². The van der Waals surface area contributed by atoms with E-state index in [4.69, 9.17) is 21.3 Å². The molecule has 8 heteroatoms. The van der Waals surface area contributed by atoms with Crippen LogP contribution in [0.15, 0.2) is 47.3 Å². The van der Waals surface area contributed by atoms with E-state index >= 15 is 0 Å². The minimum Gasteiger partial charge on any atom is -0.460 e. The van der Waals surface area contributed by atoms with E-state index in [9.17, 15) is 9.59 Å². The van der Waals surface area contributed by atoms with Crippen LogP contribution in [0, 0.1) is 6.92 Å². The van der Waals surface area contributed by atoms with Crippen molar-refractivity contribution in [2.24, 2.45) is 7.05 Å². The van der Waals surface area contributed by atoms with Crippen LogP contribution < -0.4 is 15.8 Å². The van der Waals surface area contributed by atoms with Gasteiger partial charge in [-0.2, -0.15) is 0 Å². The molecule has 0 bridgehead atoms. The molecule has 2 aromatic carbocycles. The number of esters is 1. The number of nitrogens with one attached hydrogen (secondary N) is 1. The molecule has 1 aliphatic carbocycles. The van der Waals surface area contributed by atoms with Crippen LogP contribution in [0.3, 0.4) is 0 Å². The molecular weight excluding hydrogens is 440 g/mol. The van der Waals surface area contributed by atoms with Gasteiger partial charge in [-0.05, 0) is 36.2 Å². The summed E-state index contributed by atoms with van der Waals surface area (Å²) in [7, 11) is 5.56. The van der Waals surface area contributed by atoms with Crippen molar-refractivity contribution in [2.45, 2.75) is 32.4 Å². The highest BCUT2D eigenvalue weighted by atomic mass is 35.5. The first-order valence-corrected chi connectivity index (χ1v) is 11.1. The second-order valence-electron chi connectivity index (χ2n) is 8.49. The fourth-order valence-corrected chi connectivity index (χ4v) is 4.55. The smallest absolute Gasteiger partial charge is 0.302 e. The minimum atomic E-state index is -0.406. The monoisotopic (exact) mass is 466 g/mol. The van der Waals surface area contributed by atoms with Crippen molar-refractivity contribution in [1.82, 2.24) is 9.55 Å². The highest BCUT2D eigenvalue weighted by Crippen LogP contribution is 2.36. The average molecular weight is 467 g/mol. The summed E-state index contributed by atoms with van der Waals surface area (Å²) in [5.41, 5.74) is 4.44. The van der Waals surface area contributed by atoms with Gasteiger partial charge < -0.3 is 15.0 Å². The van der Waals surface area contributed by atoms with Gasteiger partial charge in [0.2, 0.25) is 0 Å². The van der Waals surface area contributed by atoms with Crippen LogP contribution in [0.5, 0.6) is 0 Å². The first kappa shape index (κ1) is 22.9. The Labute approximate surface area is 198 Å². The Kier molecular flexibility index (Phi) is 6.17. The number of halogens is 1. The molecule has 1 N–H and O–H groups in total. The molecule has 0 fully saturated rings. The average Bonchev–Trinajstić information content (AvgIpc) is 3.10. The molecule has 0 radical (unpaired) electrons. The highest BCUT2D eigenvalue weighted by Gasteiger charge is 2.35. The van der Waals surface area contributed by atoms with Crippen LogP contribution in [0.1, 0.15) is 29.8 Å². The second kappa shape index (κ2) is 8.90. The lowest BCUT2D eigenvalue weighted by Crippen LogP contribution is -2.31. The molecule has 1 heterocycles. The van der Waals surface area contributed by atoms with Crippen molar-refractivity contribution < 1.29 is 9.53 Å². The molecule has 7 nitrogen and oxygen atoms in total. The van der Waals surface area contributed by atoms with Crippen molar-refractivity contribution in [3.63, 3.8) is 0 Å². The normalized spacial score (nSPS) is 16.9. The van der Waals surface area contributed by atoms with Gasteiger partial charge in [-0.25, -0.2) is 4.98 Å². The topological polar surface area (TPSA) is 76.5 Å². The number of carbonyl (C=O) groups is 1. The van der Waals surface area contributed by atoms with Crippen LogP contribution >= 0.6 is 11.6 Å². The summed E-state index contributed by atoms with van der Waals surface area (Å²) in [4.78, 5) is 31.8. The van der Waals surface area contributed by atoms with Gasteiger partial charge in [0.1, 0.15) is 17.6 Å². The Morgan fingerprint density at radius 2 is 1.97 bits per heavy atom. The van der Waals surface area contributed by atoms with E-state index in [2.05, 4.69) is 5.32 Å². The van der Waals surface area contributed by atoms with Gasteiger partial charge >= 0.3 is 5.97 Å². The van der Waals surface area contributed by atoms with Gasteiger partial charge in [-0.15, -0.1) is 0 Å². The number of aryl methyl sites for hydroxylation is 1. The van der Waals surface area contributed by atoms with Crippen LogP contribution in [-0.2, 0) is 23.0 Å². The fraction of sp³-hybridized carbons (Fsp3) is 0.320. The number of ether oxygens (including phenoxy) is 1. The summed E-state index contributed by atoms with van der Waals surface area (Å²) in [5, 5.41) is 3.85. The fourth-order valence-electron chi connectivity index (χ4n) is 4.29. The summed E-state index contributed by atoms with van der Waals surface area (Å²) < 4.78 is 7.07. The lowest BCUT2D eigenvalue weighted by molar-refractivity contribution is -0.146. The number of fused-ring (bicyclic) bond motifs is 1. The zero-order valence-electron chi connectivity index (χ0n) is 19.3. The Morgan fingerprint density at radius 3 is 2.64 bits per heavy atom. The Morgan fingerprint density at radius 1 is 1.24 bits per heavy atom. The molecule has 0 amide bonds. The summed E-state index contributed by atoms with van der Waals surface area (Å²) in [6, 6.07) is 13.2. The minimum absolute atomic E-state index is 0.226. The second-order valence-corrected chi connectivity index (χ2v) is 8.90. The van der Waals surface area contributed by atoms with Gasteiger partial charge in [-0.1, -0.05) is 35.9 Å². The zero-order chi connectivity index (χ0) is 23.9. The van der Waals surface area contributed by atoms with Gasteiger partial charge in [-0.3, -0.25) is 14.2 Å². The number of carbonyl (C=O) groups excluding carboxylic acids is 1. The number of benzene rings is 2. The van der Waals surface area contributed by atoms with E-state index in [0.717, 1.165) is 16.8 Å². The summed E-state index contributed by atoms with van der Waals surface area (Å²) >= 11 is 6.54. The van der Waals surface area contributed by atoms with Crippen LogP contribution in [-0.4, -0.2) is 35.7 Å². The van der Waals surface area contributed by atoms with E-state index < -0.39 is 6.10 Å². The molecule has 33 heavy (non-hydrogen) atoms. The van der Waals surface area contributed by atoms with E-state index in [1.165, 1.54) is 11.5 Å². The van der Waals surface area contributed by atoms with Crippen LogP contribution in [0.25, 0.3) is 11.4 Å². The quantitative estimate of drug-likeness (QED) is 0.570. The SMILES string of the molecule is CC(=O)O[C@H]1Cc2ccccc2[C@@H]1Nc1c(C)nc(-c2ccc(N(C)C)cc2Cl)n(C)c1=O. The molecule has 4 rings (SSSR count). The van der Waals surface area contributed by atoms with Crippen molar-refractivity contribution >= 4 is 28.9 Å². The Balaban J connectivity index is 1.74. The van der Waals surface area contributed by atoms with Crippen molar-refractivity contribution in [3.05, 3.63) is 74.7 Å². The molecule has 0 saturated heterocycles. The first-order chi connectivity index (χ1) is 15.7. The lowest BCUT2D eigenvalue weighted by atomic mass is 10.1. The van der Waals surface area contributed by atoms with Gasteiger partial charge in [0.15, 0.2) is 0 Å². The predicted octanol–water partition coefficient (Wildman–Crippen LogP) is 4.12. The predicted molar refractivity (Wildman–Crippen MR) is 131 cm³/mol. The first-order valence-electron chi connectivity index (χ1n) is 10.7. The largest absolute Gasteiger partial charge is 0.460 e. The number of rotatable bonds is 5. The molecule has 2 atom stereocenters. The van der Waals surface area contributed by atoms with Gasteiger partial charge in [0, 0.05) is 45.7 Å². The maximum Gasteiger partial charge on any atom is 0.302 e. The van der Waals surface area contributed by atoms with E-state index in [1.54, 1.807) is 14.0 Å². The Bertz CT molecular complexity index is 1290. The highest BCUT2D eigenvalue weighted by molar-refractivity contribution is 6.33. The number of anilines is 2. The molecule has 1 aliphatic rings. The molecule has 172 valence electrons. The van der Waals surface area contributed by atoms with Crippen LogP contribution in [0.2, 0.25) is 5.02 Å². The maximum absolute atomic E-state index is 13.4. The molecule has 3 aromatic rings. The zero-order valence-corrected chi connectivity index (χ0v) is 20.1. The summed E-state index contributed by atoms with van der Waals surface area (Å²) in [6.07, 6.45) is 0.184. The molecule has 0 aliphatic heterocycles. The lowest BCUT2D eigenvalue weighted by Gasteiger charge is -2.24. The van der Waals surface area contributed by atoms with Gasteiger partial charge in [0.25, 0.3) is 5.56 Å². The maximum atomic E-state index is 13.4. The number of aromatic nitrogens is 2. The molecule has 1 aromatic heterocycles. The molecule has 0 spiro atoms. The van der Waals surface area contributed by atoms with Crippen molar-refractivity contribution in [3.8, 4) is 11.4 Å². The standard InChI is InChI=1S/C25H27ClN4O3/c1-14-22(28-23-18-9-7-6-8-16(18)12-21(23)33-15(2)31)25(32)30(5)24(27-14)19-11-10-17(29(3)4)13-20(19)26/h6-11,13,21,23,28H,12H2,1-5H3/t21-,23-/m0/s1. The van der Waals surface area contributed by atoms with Crippen molar-refractivity contribution in [1.29, 1.82) is 0 Å². The molecule has 0 unspecified atom stereocenters. The van der Waals surface area contributed by atoms with Crippen molar-refractivity contribution in [2.75, 3.05) is 24.3 Å². The molecule has 0 saturated carbocycles. The third-order valence-corrected chi connectivity index (χ3v) is 6.29. The summed E-state index contributed by atoms with van der Waals surface area (Å²) in [5.74, 6) is 0.134. The molecular formula is C25H27ClN4O3. The number of hydrogen-bond donors (Lipinski definition) is 1.